The van der Waals surface area contributed by atoms with Crippen molar-refractivity contribution < 1.29 is 0 Å². The standard InChI is InChI=1S/C17H24N2/c1-2-12-19-14-17(10-6-7-11-17)18-13-16(19)15-8-4-3-5-9-15/h2-5,8-9,16,18H,1,6-7,10-14H2. The van der Waals surface area contributed by atoms with Gasteiger partial charge < -0.3 is 5.32 Å². The second-order valence-corrected chi connectivity index (χ2v) is 6.01. The summed E-state index contributed by atoms with van der Waals surface area (Å²) in [4.78, 5) is 2.60. The van der Waals surface area contributed by atoms with Gasteiger partial charge in [0.15, 0.2) is 0 Å². The Morgan fingerprint density at radius 3 is 2.68 bits per heavy atom. The van der Waals surface area contributed by atoms with Gasteiger partial charge in [-0.2, -0.15) is 0 Å². The van der Waals surface area contributed by atoms with E-state index < -0.39 is 0 Å². The first kappa shape index (κ1) is 12.9. The van der Waals surface area contributed by atoms with Crippen molar-refractivity contribution in [2.24, 2.45) is 0 Å². The lowest BCUT2D eigenvalue weighted by molar-refractivity contribution is 0.0914. The van der Waals surface area contributed by atoms with Crippen LogP contribution in [0.4, 0.5) is 0 Å². The van der Waals surface area contributed by atoms with Crippen molar-refractivity contribution in [1.82, 2.24) is 10.2 Å². The molecule has 2 heteroatoms. The fraction of sp³-hybridized carbons (Fsp3) is 0.529. The smallest absolute Gasteiger partial charge is 0.0476 e. The zero-order valence-corrected chi connectivity index (χ0v) is 11.6. The van der Waals surface area contributed by atoms with Crippen LogP contribution in [-0.2, 0) is 0 Å². The molecule has 1 N–H and O–H groups in total. The normalized spacial score (nSPS) is 26.6. The highest BCUT2D eigenvalue weighted by molar-refractivity contribution is 5.21. The molecule has 1 saturated heterocycles. The minimum absolute atomic E-state index is 0.383. The Bertz CT molecular complexity index is 420. The first-order valence-corrected chi connectivity index (χ1v) is 7.48. The molecule has 102 valence electrons. The van der Waals surface area contributed by atoms with Crippen molar-refractivity contribution in [2.45, 2.75) is 37.3 Å². The van der Waals surface area contributed by atoms with Crippen LogP contribution in [0.25, 0.3) is 0 Å². The molecule has 1 aromatic carbocycles. The molecule has 1 spiro atoms. The Hall–Kier alpha value is -1.12. The average molecular weight is 256 g/mol. The molecule has 0 aromatic heterocycles. The Morgan fingerprint density at radius 1 is 1.26 bits per heavy atom. The van der Waals surface area contributed by atoms with Gasteiger partial charge in [-0.1, -0.05) is 49.2 Å². The fourth-order valence-electron chi connectivity index (χ4n) is 3.75. The maximum absolute atomic E-state index is 3.94. The lowest BCUT2D eigenvalue weighted by atomic mass is 9.90. The number of hydrogen-bond acceptors (Lipinski definition) is 2. The molecule has 1 unspecified atom stereocenters. The van der Waals surface area contributed by atoms with Gasteiger partial charge in [-0.15, -0.1) is 6.58 Å². The first-order chi connectivity index (χ1) is 9.33. The van der Waals surface area contributed by atoms with E-state index in [2.05, 4.69) is 47.1 Å². The summed E-state index contributed by atoms with van der Waals surface area (Å²) in [6.07, 6.45) is 7.48. The van der Waals surface area contributed by atoms with Crippen LogP contribution in [-0.4, -0.2) is 30.1 Å². The van der Waals surface area contributed by atoms with Gasteiger partial charge >= 0.3 is 0 Å². The Labute approximate surface area is 116 Å². The quantitative estimate of drug-likeness (QED) is 0.836. The first-order valence-electron chi connectivity index (χ1n) is 7.48. The minimum atomic E-state index is 0.383. The molecule has 19 heavy (non-hydrogen) atoms. The molecule has 0 bridgehead atoms. The molecular formula is C17H24N2. The Balaban J connectivity index is 1.80. The molecule has 2 nitrogen and oxygen atoms in total. The predicted molar refractivity (Wildman–Crippen MR) is 80.2 cm³/mol. The molecule has 0 radical (unpaired) electrons. The number of rotatable bonds is 3. The van der Waals surface area contributed by atoms with Gasteiger partial charge in [-0.05, 0) is 18.4 Å². The van der Waals surface area contributed by atoms with Gasteiger partial charge in [0, 0.05) is 31.2 Å². The van der Waals surface area contributed by atoms with Crippen LogP contribution in [0.15, 0.2) is 43.0 Å². The molecule has 2 fully saturated rings. The summed E-state index contributed by atoms with van der Waals surface area (Å²) in [5, 5.41) is 3.86. The van der Waals surface area contributed by atoms with E-state index in [4.69, 9.17) is 0 Å². The van der Waals surface area contributed by atoms with E-state index in [9.17, 15) is 0 Å². The zero-order chi connectivity index (χ0) is 13.1. The molecule has 0 amide bonds. The van der Waals surface area contributed by atoms with Gasteiger partial charge in [0.2, 0.25) is 0 Å². The van der Waals surface area contributed by atoms with E-state index in [1.807, 2.05) is 6.08 Å². The van der Waals surface area contributed by atoms with E-state index >= 15 is 0 Å². The summed E-state index contributed by atoms with van der Waals surface area (Å²) in [6, 6.07) is 11.4. The molecule has 2 aliphatic rings. The van der Waals surface area contributed by atoms with E-state index in [0.717, 1.165) is 13.1 Å². The lowest BCUT2D eigenvalue weighted by Gasteiger charge is -2.46. The Kier molecular flexibility index (Phi) is 3.72. The van der Waals surface area contributed by atoms with Crippen LogP contribution >= 0.6 is 0 Å². The third-order valence-electron chi connectivity index (χ3n) is 4.73. The van der Waals surface area contributed by atoms with Crippen LogP contribution in [0, 0.1) is 0 Å². The number of hydrogen-bond donors (Lipinski definition) is 1. The minimum Gasteiger partial charge on any atom is -0.308 e. The summed E-state index contributed by atoms with van der Waals surface area (Å²) in [6.45, 7) is 7.16. The van der Waals surface area contributed by atoms with Crippen LogP contribution in [0.3, 0.4) is 0 Å². The van der Waals surface area contributed by atoms with Crippen LogP contribution in [0.1, 0.15) is 37.3 Å². The third kappa shape index (κ3) is 2.60. The SMILES string of the molecule is C=CCN1CC2(CCCC2)NCC1c1ccccc1. The summed E-state index contributed by atoms with van der Waals surface area (Å²) in [5.41, 5.74) is 1.80. The highest BCUT2D eigenvalue weighted by Gasteiger charge is 2.40. The number of nitrogens with one attached hydrogen (secondary N) is 1. The molecule has 1 aromatic rings. The lowest BCUT2D eigenvalue weighted by Crippen LogP contribution is -2.59. The Morgan fingerprint density at radius 2 is 2.00 bits per heavy atom. The van der Waals surface area contributed by atoms with Gasteiger partial charge in [0.1, 0.15) is 0 Å². The maximum Gasteiger partial charge on any atom is 0.0476 e. The van der Waals surface area contributed by atoms with Crippen molar-refractivity contribution in [1.29, 1.82) is 0 Å². The summed E-state index contributed by atoms with van der Waals surface area (Å²) in [5.74, 6) is 0. The molecular weight excluding hydrogens is 232 g/mol. The zero-order valence-electron chi connectivity index (χ0n) is 11.6. The van der Waals surface area contributed by atoms with Crippen molar-refractivity contribution in [3.63, 3.8) is 0 Å². The van der Waals surface area contributed by atoms with E-state index in [-0.39, 0.29) is 0 Å². The topological polar surface area (TPSA) is 15.3 Å². The van der Waals surface area contributed by atoms with Crippen LogP contribution < -0.4 is 5.32 Å². The molecule has 1 heterocycles. The molecule has 1 saturated carbocycles. The van der Waals surface area contributed by atoms with E-state index in [0.29, 0.717) is 11.6 Å². The van der Waals surface area contributed by atoms with Crippen molar-refractivity contribution in [2.75, 3.05) is 19.6 Å². The van der Waals surface area contributed by atoms with Crippen molar-refractivity contribution in [3.8, 4) is 0 Å². The number of benzene rings is 1. The fourth-order valence-corrected chi connectivity index (χ4v) is 3.75. The largest absolute Gasteiger partial charge is 0.308 e. The molecule has 1 aliphatic heterocycles. The third-order valence-corrected chi connectivity index (χ3v) is 4.73. The van der Waals surface area contributed by atoms with Gasteiger partial charge in [-0.3, -0.25) is 4.90 Å². The monoisotopic (exact) mass is 256 g/mol. The summed E-state index contributed by atoms with van der Waals surface area (Å²) < 4.78 is 0. The predicted octanol–water partition coefficient (Wildman–Crippen LogP) is 3.13. The molecule has 1 atom stereocenters. The highest BCUT2D eigenvalue weighted by Crippen LogP contribution is 2.36. The van der Waals surface area contributed by atoms with Crippen molar-refractivity contribution >= 4 is 0 Å². The summed E-state index contributed by atoms with van der Waals surface area (Å²) in [7, 11) is 0. The van der Waals surface area contributed by atoms with E-state index in [1.54, 1.807) is 0 Å². The summed E-state index contributed by atoms with van der Waals surface area (Å²) >= 11 is 0. The van der Waals surface area contributed by atoms with Crippen LogP contribution in [0.5, 0.6) is 0 Å². The second-order valence-electron chi connectivity index (χ2n) is 6.01. The highest BCUT2D eigenvalue weighted by atomic mass is 15.3. The second kappa shape index (κ2) is 5.48. The van der Waals surface area contributed by atoms with Gasteiger partial charge in [0.25, 0.3) is 0 Å². The molecule has 1 aliphatic carbocycles. The average Bonchev–Trinajstić information content (AvgIpc) is 2.89. The number of piperazine rings is 1. The molecule has 3 rings (SSSR count). The van der Waals surface area contributed by atoms with Crippen molar-refractivity contribution in [3.05, 3.63) is 48.6 Å². The number of nitrogens with zero attached hydrogens (tertiary/aromatic N) is 1. The van der Waals surface area contributed by atoms with Gasteiger partial charge in [0.05, 0.1) is 0 Å². The van der Waals surface area contributed by atoms with Crippen LogP contribution in [0.2, 0.25) is 0 Å². The maximum atomic E-state index is 3.94. The van der Waals surface area contributed by atoms with E-state index in [1.165, 1.54) is 37.8 Å². The van der Waals surface area contributed by atoms with Gasteiger partial charge in [-0.25, -0.2) is 0 Å².